The van der Waals surface area contributed by atoms with E-state index >= 15 is 0 Å². The van der Waals surface area contributed by atoms with Crippen LogP contribution in [0.5, 0.6) is 0 Å². The third-order valence-electron chi connectivity index (χ3n) is 2.89. The number of hydrogen-bond donors (Lipinski definition) is 1. The minimum Gasteiger partial charge on any atom is -0.350 e. The van der Waals surface area contributed by atoms with Gasteiger partial charge in [-0.15, -0.1) is 11.3 Å². The SMILES string of the molecule is CN(C)C(CNC(=O)c1ccncc1)c1cccs1. The van der Waals surface area contributed by atoms with E-state index in [9.17, 15) is 4.79 Å². The summed E-state index contributed by atoms with van der Waals surface area (Å²) in [6, 6.07) is 7.75. The van der Waals surface area contributed by atoms with Crippen molar-refractivity contribution in [2.45, 2.75) is 6.04 Å². The molecule has 2 rings (SSSR count). The molecule has 2 aromatic rings. The molecule has 0 aliphatic heterocycles. The monoisotopic (exact) mass is 275 g/mol. The summed E-state index contributed by atoms with van der Waals surface area (Å²) >= 11 is 1.70. The molecule has 0 saturated carbocycles. The number of hydrogen-bond acceptors (Lipinski definition) is 4. The van der Waals surface area contributed by atoms with Crippen LogP contribution >= 0.6 is 11.3 Å². The number of likely N-dealkylation sites (N-methyl/N-ethyl adjacent to an activating group) is 1. The minimum atomic E-state index is -0.0641. The predicted molar refractivity (Wildman–Crippen MR) is 77.3 cm³/mol. The number of aromatic nitrogens is 1. The van der Waals surface area contributed by atoms with Gasteiger partial charge in [-0.05, 0) is 37.7 Å². The third-order valence-corrected chi connectivity index (χ3v) is 3.87. The van der Waals surface area contributed by atoms with Crippen LogP contribution in [-0.2, 0) is 0 Å². The number of rotatable bonds is 5. The molecule has 0 aliphatic rings. The lowest BCUT2D eigenvalue weighted by Gasteiger charge is -2.23. The third kappa shape index (κ3) is 3.62. The molecule has 1 atom stereocenters. The highest BCUT2D eigenvalue weighted by Gasteiger charge is 2.16. The number of thiophene rings is 1. The Morgan fingerprint density at radius 1 is 1.37 bits per heavy atom. The molecule has 0 bridgehead atoms. The number of carbonyl (C=O) groups is 1. The Hall–Kier alpha value is -1.72. The zero-order chi connectivity index (χ0) is 13.7. The van der Waals surface area contributed by atoms with E-state index in [1.807, 2.05) is 20.2 Å². The topological polar surface area (TPSA) is 45.2 Å². The summed E-state index contributed by atoms with van der Waals surface area (Å²) in [5.74, 6) is -0.0641. The zero-order valence-corrected chi connectivity index (χ0v) is 11.9. The minimum absolute atomic E-state index is 0.0641. The van der Waals surface area contributed by atoms with Crippen LogP contribution in [0.15, 0.2) is 42.0 Å². The van der Waals surface area contributed by atoms with E-state index in [-0.39, 0.29) is 11.9 Å². The molecule has 1 unspecified atom stereocenters. The summed E-state index contributed by atoms with van der Waals surface area (Å²) in [5.41, 5.74) is 0.638. The standard InChI is InChI=1S/C14H17N3OS/c1-17(2)12(13-4-3-9-19-13)10-16-14(18)11-5-7-15-8-6-11/h3-9,12H,10H2,1-2H3,(H,16,18). The summed E-state index contributed by atoms with van der Waals surface area (Å²) in [6.45, 7) is 0.592. The van der Waals surface area contributed by atoms with Crippen LogP contribution in [0.2, 0.25) is 0 Å². The highest BCUT2D eigenvalue weighted by Crippen LogP contribution is 2.22. The first kappa shape index (κ1) is 13.7. The molecule has 100 valence electrons. The molecule has 0 saturated heterocycles. The van der Waals surface area contributed by atoms with Crippen LogP contribution < -0.4 is 5.32 Å². The molecular formula is C14H17N3OS. The van der Waals surface area contributed by atoms with Gasteiger partial charge in [0.2, 0.25) is 0 Å². The Labute approximate surface area is 117 Å². The number of nitrogens with zero attached hydrogens (tertiary/aromatic N) is 2. The van der Waals surface area contributed by atoms with Crippen LogP contribution in [0.25, 0.3) is 0 Å². The normalized spacial score (nSPS) is 12.4. The average molecular weight is 275 g/mol. The molecule has 0 spiro atoms. The van der Waals surface area contributed by atoms with Gasteiger partial charge in [0.15, 0.2) is 0 Å². The van der Waals surface area contributed by atoms with Crippen molar-refractivity contribution in [2.75, 3.05) is 20.6 Å². The van der Waals surface area contributed by atoms with Crippen molar-refractivity contribution in [2.24, 2.45) is 0 Å². The average Bonchev–Trinajstić information content (AvgIpc) is 2.93. The molecule has 0 aromatic carbocycles. The highest BCUT2D eigenvalue weighted by atomic mass is 32.1. The van der Waals surface area contributed by atoms with Gasteiger partial charge in [-0.3, -0.25) is 9.78 Å². The number of amides is 1. The largest absolute Gasteiger partial charge is 0.350 e. The van der Waals surface area contributed by atoms with Gasteiger partial charge < -0.3 is 10.2 Å². The van der Waals surface area contributed by atoms with Gasteiger partial charge in [-0.2, -0.15) is 0 Å². The van der Waals surface area contributed by atoms with Crippen LogP contribution in [-0.4, -0.2) is 36.4 Å². The molecule has 1 N–H and O–H groups in total. The van der Waals surface area contributed by atoms with Gasteiger partial charge in [0.05, 0.1) is 6.04 Å². The second-order valence-electron chi connectivity index (χ2n) is 4.44. The van der Waals surface area contributed by atoms with Crippen molar-refractivity contribution in [1.82, 2.24) is 15.2 Å². The van der Waals surface area contributed by atoms with Crippen molar-refractivity contribution in [3.63, 3.8) is 0 Å². The summed E-state index contributed by atoms with van der Waals surface area (Å²) < 4.78 is 0. The Morgan fingerprint density at radius 2 is 2.11 bits per heavy atom. The van der Waals surface area contributed by atoms with Crippen molar-refractivity contribution < 1.29 is 4.79 Å². The maximum atomic E-state index is 12.0. The Bertz CT molecular complexity index is 511. The fourth-order valence-electron chi connectivity index (χ4n) is 1.81. The van der Waals surface area contributed by atoms with E-state index in [0.29, 0.717) is 12.1 Å². The van der Waals surface area contributed by atoms with Crippen molar-refractivity contribution >= 4 is 17.2 Å². The van der Waals surface area contributed by atoms with Gasteiger partial charge in [0.1, 0.15) is 0 Å². The van der Waals surface area contributed by atoms with Crippen molar-refractivity contribution in [3.05, 3.63) is 52.5 Å². The predicted octanol–water partition coefficient (Wildman–Crippen LogP) is 2.18. The molecule has 4 nitrogen and oxygen atoms in total. The highest BCUT2D eigenvalue weighted by molar-refractivity contribution is 7.10. The maximum absolute atomic E-state index is 12.0. The molecule has 2 aromatic heterocycles. The van der Waals surface area contributed by atoms with Crippen LogP contribution in [0, 0.1) is 0 Å². The molecule has 5 heteroatoms. The summed E-state index contributed by atoms with van der Waals surface area (Å²) in [5, 5.41) is 5.02. The smallest absolute Gasteiger partial charge is 0.251 e. The fraction of sp³-hybridized carbons (Fsp3) is 0.286. The van der Waals surface area contributed by atoms with Gasteiger partial charge in [-0.1, -0.05) is 6.07 Å². The molecule has 2 heterocycles. The second kappa shape index (κ2) is 6.45. The Balaban J connectivity index is 1.98. The molecule has 0 aliphatic carbocycles. The second-order valence-corrected chi connectivity index (χ2v) is 5.42. The van der Waals surface area contributed by atoms with E-state index in [4.69, 9.17) is 0 Å². The van der Waals surface area contributed by atoms with Gasteiger partial charge in [0, 0.05) is 29.4 Å². The van der Waals surface area contributed by atoms with Crippen LogP contribution in [0.4, 0.5) is 0 Å². The summed E-state index contributed by atoms with van der Waals surface area (Å²) in [6.07, 6.45) is 3.25. The maximum Gasteiger partial charge on any atom is 0.251 e. The summed E-state index contributed by atoms with van der Waals surface area (Å²) in [4.78, 5) is 19.3. The molecule has 1 amide bonds. The van der Waals surface area contributed by atoms with E-state index in [1.54, 1.807) is 35.9 Å². The quantitative estimate of drug-likeness (QED) is 0.909. The van der Waals surface area contributed by atoms with Crippen molar-refractivity contribution in [1.29, 1.82) is 0 Å². The first-order valence-electron chi connectivity index (χ1n) is 6.06. The van der Waals surface area contributed by atoms with E-state index < -0.39 is 0 Å². The van der Waals surface area contributed by atoms with E-state index in [1.165, 1.54) is 4.88 Å². The van der Waals surface area contributed by atoms with E-state index in [0.717, 1.165) is 0 Å². The first-order valence-corrected chi connectivity index (χ1v) is 6.94. The molecule has 19 heavy (non-hydrogen) atoms. The molecule has 0 fully saturated rings. The van der Waals surface area contributed by atoms with Crippen LogP contribution in [0.1, 0.15) is 21.3 Å². The van der Waals surface area contributed by atoms with Crippen molar-refractivity contribution in [3.8, 4) is 0 Å². The van der Waals surface area contributed by atoms with E-state index in [2.05, 4.69) is 26.6 Å². The first-order chi connectivity index (χ1) is 9.18. The van der Waals surface area contributed by atoms with Gasteiger partial charge >= 0.3 is 0 Å². The number of carbonyl (C=O) groups excluding carboxylic acids is 1. The Morgan fingerprint density at radius 3 is 2.68 bits per heavy atom. The summed E-state index contributed by atoms with van der Waals surface area (Å²) in [7, 11) is 4.03. The molecular weight excluding hydrogens is 258 g/mol. The van der Waals surface area contributed by atoms with Gasteiger partial charge in [0.25, 0.3) is 5.91 Å². The lowest BCUT2D eigenvalue weighted by molar-refractivity contribution is 0.0942. The number of pyridine rings is 1. The van der Waals surface area contributed by atoms with Gasteiger partial charge in [-0.25, -0.2) is 0 Å². The lowest BCUT2D eigenvalue weighted by Crippen LogP contribution is -2.34. The fourth-order valence-corrected chi connectivity index (χ4v) is 2.74. The zero-order valence-electron chi connectivity index (χ0n) is 11.0. The lowest BCUT2D eigenvalue weighted by atomic mass is 10.2. The Kier molecular flexibility index (Phi) is 4.65. The molecule has 0 radical (unpaired) electrons. The van der Waals surface area contributed by atoms with Crippen LogP contribution in [0.3, 0.4) is 0 Å². The number of nitrogens with one attached hydrogen (secondary N) is 1.